The second kappa shape index (κ2) is 5.39. The lowest BCUT2D eigenvalue weighted by atomic mass is 9.97. The number of hydrogen-bond acceptors (Lipinski definition) is 4. The minimum atomic E-state index is -0.0442. The van der Waals surface area contributed by atoms with E-state index in [4.69, 9.17) is 9.47 Å². The van der Waals surface area contributed by atoms with Gasteiger partial charge in [-0.3, -0.25) is 0 Å². The van der Waals surface area contributed by atoms with Crippen LogP contribution in [-0.2, 0) is 4.79 Å². The molecule has 0 fully saturated rings. The summed E-state index contributed by atoms with van der Waals surface area (Å²) in [6, 6.07) is 3.46. The van der Waals surface area contributed by atoms with Crippen molar-refractivity contribution in [1.29, 1.82) is 0 Å². The van der Waals surface area contributed by atoms with Crippen molar-refractivity contribution in [2.24, 2.45) is 0 Å². The van der Waals surface area contributed by atoms with Crippen LogP contribution in [0, 0.1) is 0 Å². The van der Waals surface area contributed by atoms with Gasteiger partial charge in [0.25, 0.3) is 0 Å². The van der Waals surface area contributed by atoms with Crippen molar-refractivity contribution >= 4 is 6.29 Å². The van der Waals surface area contributed by atoms with Crippen LogP contribution in [0.2, 0.25) is 0 Å². The molecule has 0 heterocycles. The fourth-order valence-electron chi connectivity index (χ4n) is 1.59. The number of aldehydes is 1. The van der Waals surface area contributed by atoms with Crippen LogP contribution < -0.4 is 9.47 Å². The number of methoxy groups -OCH3 is 2. The van der Waals surface area contributed by atoms with Crippen LogP contribution in [-0.4, -0.2) is 25.6 Å². The first kappa shape index (κ1) is 12.4. The maximum atomic E-state index is 10.4. The standard InChI is InChI=1S/C12H16O4/c1-8(6-7-13)9-4-5-10(15-2)12(16-3)11(9)14/h4-5,7-8,14H,6H2,1-3H3. The minimum Gasteiger partial charge on any atom is -0.504 e. The van der Waals surface area contributed by atoms with E-state index in [1.165, 1.54) is 14.2 Å². The van der Waals surface area contributed by atoms with Crippen molar-refractivity contribution in [3.63, 3.8) is 0 Å². The van der Waals surface area contributed by atoms with Gasteiger partial charge in [0, 0.05) is 12.0 Å². The molecule has 0 saturated carbocycles. The summed E-state index contributed by atoms with van der Waals surface area (Å²) in [5, 5.41) is 9.98. The Balaban J connectivity index is 3.17. The van der Waals surface area contributed by atoms with Crippen LogP contribution in [0.3, 0.4) is 0 Å². The SMILES string of the molecule is COc1ccc(C(C)CC=O)c(O)c1OC. The van der Waals surface area contributed by atoms with Gasteiger partial charge in [-0.25, -0.2) is 0 Å². The van der Waals surface area contributed by atoms with Gasteiger partial charge in [-0.1, -0.05) is 13.0 Å². The van der Waals surface area contributed by atoms with E-state index in [0.717, 1.165) is 6.29 Å². The minimum absolute atomic E-state index is 0.0381. The van der Waals surface area contributed by atoms with Crippen molar-refractivity contribution in [3.05, 3.63) is 17.7 Å². The number of phenolic OH excluding ortho intramolecular Hbond substituents is 1. The number of hydrogen-bond donors (Lipinski definition) is 1. The van der Waals surface area contributed by atoms with Crippen molar-refractivity contribution in [3.8, 4) is 17.2 Å². The fraction of sp³-hybridized carbons (Fsp3) is 0.417. The number of carbonyl (C=O) groups is 1. The third-order valence-corrected chi connectivity index (χ3v) is 2.53. The monoisotopic (exact) mass is 224 g/mol. The molecule has 0 aliphatic carbocycles. The lowest BCUT2D eigenvalue weighted by Gasteiger charge is -2.15. The van der Waals surface area contributed by atoms with Crippen LogP contribution in [0.5, 0.6) is 17.2 Å². The van der Waals surface area contributed by atoms with Gasteiger partial charge in [-0.15, -0.1) is 0 Å². The van der Waals surface area contributed by atoms with E-state index in [9.17, 15) is 9.90 Å². The zero-order valence-corrected chi connectivity index (χ0v) is 9.69. The predicted molar refractivity (Wildman–Crippen MR) is 60.3 cm³/mol. The highest BCUT2D eigenvalue weighted by Gasteiger charge is 2.17. The molecule has 1 N–H and O–H groups in total. The molecule has 0 aliphatic heterocycles. The number of aromatic hydroxyl groups is 1. The summed E-state index contributed by atoms with van der Waals surface area (Å²) < 4.78 is 10.1. The molecule has 0 radical (unpaired) electrons. The zero-order valence-electron chi connectivity index (χ0n) is 9.69. The molecular formula is C12H16O4. The highest BCUT2D eigenvalue weighted by Crippen LogP contribution is 2.42. The molecule has 0 aromatic heterocycles. The van der Waals surface area contributed by atoms with E-state index in [-0.39, 0.29) is 11.7 Å². The number of carbonyl (C=O) groups excluding carboxylic acids is 1. The molecule has 0 aliphatic rings. The van der Waals surface area contributed by atoms with E-state index in [1.807, 2.05) is 6.92 Å². The lowest BCUT2D eigenvalue weighted by Crippen LogP contribution is -1.98. The molecular weight excluding hydrogens is 208 g/mol. The Kier molecular flexibility index (Phi) is 4.17. The molecule has 0 saturated heterocycles. The van der Waals surface area contributed by atoms with E-state index in [2.05, 4.69) is 0 Å². The Morgan fingerprint density at radius 3 is 2.56 bits per heavy atom. The highest BCUT2D eigenvalue weighted by atomic mass is 16.5. The molecule has 1 atom stereocenters. The van der Waals surface area contributed by atoms with Crippen LogP contribution in [0.15, 0.2) is 12.1 Å². The van der Waals surface area contributed by atoms with E-state index < -0.39 is 0 Å². The highest BCUT2D eigenvalue weighted by molar-refractivity contribution is 5.58. The van der Waals surface area contributed by atoms with Crippen LogP contribution in [0.4, 0.5) is 0 Å². The van der Waals surface area contributed by atoms with E-state index in [0.29, 0.717) is 23.5 Å². The summed E-state index contributed by atoms with van der Waals surface area (Å²) in [4.78, 5) is 10.4. The summed E-state index contributed by atoms with van der Waals surface area (Å²) in [6.07, 6.45) is 1.20. The van der Waals surface area contributed by atoms with Gasteiger partial charge in [-0.05, 0) is 12.0 Å². The number of phenols is 1. The number of rotatable bonds is 5. The average Bonchev–Trinajstić information content (AvgIpc) is 2.28. The Bertz CT molecular complexity index is 374. The Morgan fingerprint density at radius 1 is 1.38 bits per heavy atom. The molecule has 1 unspecified atom stereocenters. The van der Waals surface area contributed by atoms with Gasteiger partial charge < -0.3 is 19.4 Å². The first-order valence-corrected chi connectivity index (χ1v) is 5.03. The van der Waals surface area contributed by atoms with Crippen molar-refractivity contribution in [2.45, 2.75) is 19.3 Å². The van der Waals surface area contributed by atoms with Gasteiger partial charge in [0.05, 0.1) is 14.2 Å². The summed E-state index contributed by atoms with van der Waals surface area (Å²) in [7, 11) is 2.97. The van der Waals surface area contributed by atoms with E-state index in [1.54, 1.807) is 12.1 Å². The average molecular weight is 224 g/mol. The van der Waals surface area contributed by atoms with E-state index >= 15 is 0 Å². The summed E-state index contributed by atoms with van der Waals surface area (Å²) in [5.41, 5.74) is 0.685. The lowest BCUT2D eigenvalue weighted by molar-refractivity contribution is -0.108. The zero-order chi connectivity index (χ0) is 12.1. The third kappa shape index (κ3) is 2.27. The molecule has 4 heteroatoms. The van der Waals surface area contributed by atoms with Crippen LogP contribution in [0.25, 0.3) is 0 Å². The second-order valence-corrected chi connectivity index (χ2v) is 3.54. The third-order valence-electron chi connectivity index (χ3n) is 2.53. The van der Waals surface area contributed by atoms with Gasteiger partial charge in [0.1, 0.15) is 6.29 Å². The number of ether oxygens (including phenoxy) is 2. The topological polar surface area (TPSA) is 55.8 Å². The Hall–Kier alpha value is -1.71. The van der Waals surface area contributed by atoms with Crippen LogP contribution >= 0.6 is 0 Å². The van der Waals surface area contributed by atoms with Crippen LogP contribution in [0.1, 0.15) is 24.8 Å². The van der Waals surface area contributed by atoms with Crippen molar-refractivity contribution < 1.29 is 19.4 Å². The fourth-order valence-corrected chi connectivity index (χ4v) is 1.59. The second-order valence-electron chi connectivity index (χ2n) is 3.54. The largest absolute Gasteiger partial charge is 0.504 e. The summed E-state index contributed by atoms with van der Waals surface area (Å²) in [5.74, 6) is 0.772. The smallest absolute Gasteiger partial charge is 0.203 e. The van der Waals surface area contributed by atoms with Gasteiger partial charge in [-0.2, -0.15) is 0 Å². The molecule has 1 aromatic carbocycles. The molecule has 88 valence electrons. The predicted octanol–water partition coefficient (Wildman–Crippen LogP) is 2.10. The molecule has 0 bridgehead atoms. The normalized spacial score (nSPS) is 11.9. The number of benzene rings is 1. The van der Waals surface area contributed by atoms with Gasteiger partial charge in [0.15, 0.2) is 11.5 Å². The molecule has 16 heavy (non-hydrogen) atoms. The summed E-state index contributed by atoms with van der Waals surface area (Å²) in [6.45, 7) is 1.87. The summed E-state index contributed by atoms with van der Waals surface area (Å²) >= 11 is 0. The quantitative estimate of drug-likeness (QED) is 0.778. The van der Waals surface area contributed by atoms with Crippen molar-refractivity contribution in [2.75, 3.05) is 14.2 Å². The first-order chi connectivity index (χ1) is 7.65. The molecule has 0 amide bonds. The maximum Gasteiger partial charge on any atom is 0.203 e. The molecule has 4 nitrogen and oxygen atoms in total. The first-order valence-electron chi connectivity index (χ1n) is 5.03. The molecule has 1 rings (SSSR count). The maximum absolute atomic E-state index is 10.4. The molecule has 0 spiro atoms. The van der Waals surface area contributed by atoms with Gasteiger partial charge in [0.2, 0.25) is 5.75 Å². The Labute approximate surface area is 94.8 Å². The molecule has 1 aromatic rings. The Morgan fingerprint density at radius 2 is 2.06 bits per heavy atom. The van der Waals surface area contributed by atoms with Gasteiger partial charge >= 0.3 is 0 Å². The van der Waals surface area contributed by atoms with Crippen molar-refractivity contribution in [1.82, 2.24) is 0 Å².